The summed E-state index contributed by atoms with van der Waals surface area (Å²) in [5.41, 5.74) is 1.25. The summed E-state index contributed by atoms with van der Waals surface area (Å²) in [5.74, 6) is 0. The van der Waals surface area contributed by atoms with Gasteiger partial charge in [0, 0.05) is 16.9 Å². The van der Waals surface area contributed by atoms with Crippen molar-refractivity contribution in [2.75, 3.05) is 11.9 Å². The van der Waals surface area contributed by atoms with Crippen LogP contribution < -0.4 is 5.32 Å². The Kier molecular flexibility index (Phi) is 3.04. The quantitative estimate of drug-likeness (QED) is 0.891. The molecule has 2 heterocycles. The lowest BCUT2D eigenvalue weighted by atomic mass is 10.1. The molecule has 3 rings (SSSR count). The van der Waals surface area contributed by atoms with Crippen LogP contribution in [-0.2, 0) is 4.74 Å². The number of benzene rings is 1. The molecule has 1 unspecified atom stereocenters. The van der Waals surface area contributed by atoms with Crippen LogP contribution in [0.15, 0.2) is 29.6 Å². The van der Waals surface area contributed by atoms with Crippen LogP contribution >= 0.6 is 11.3 Å². The average molecular weight is 261 g/mol. The van der Waals surface area contributed by atoms with Crippen molar-refractivity contribution < 1.29 is 4.74 Å². The van der Waals surface area contributed by atoms with Crippen LogP contribution in [0, 0.1) is 0 Å². The van der Waals surface area contributed by atoms with Crippen molar-refractivity contribution in [2.24, 2.45) is 0 Å². The van der Waals surface area contributed by atoms with Gasteiger partial charge in [-0.05, 0) is 61.7 Å². The highest BCUT2D eigenvalue weighted by atomic mass is 32.1. The molecule has 0 saturated carbocycles. The molecule has 0 amide bonds. The summed E-state index contributed by atoms with van der Waals surface area (Å²) < 4.78 is 7.33. The molecule has 1 aromatic heterocycles. The smallest absolute Gasteiger partial charge is 0.0755 e. The van der Waals surface area contributed by atoms with E-state index in [-0.39, 0.29) is 5.60 Å². The monoisotopic (exact) mass is 261 g/mol. The zero-order chi connectivity index (χ0) is 12.6. The van der Waals surface area contributed by atoms with Crippen molar-refractivity contribution in [3.8, 4) is 0 Å². The fourth-order valence-corrected chi connectivity index (χ4v) is 3.30. The molecule has 1 fully saturated rings. The van der Waals surface area contributed by atoms with Gasteiger partial charge in [-0.3, -0.25) is 0 Å². The molecule has 1 atom stereocenters. The third-order valence-electron chi connectivity index (χ3n) is 3.54. The summed E-state index contributed by atoms with van der Waals surface area (Å²) in [5, 5.41) is 6.94. The van der Waals surface area contributed by atoms with Gasteiger partial charge in [-0.25, -0.2) is 0 Å². The lowest BCUT2D eigenvalue weighted by molar-refractivity contribution is -0.00910. The Morgan fingerprint density at radius 1 is 1.39 bits per heavy atom. The first-order chi connectivity index (χ1) is 8.62. The molecule has 96 valence electrons. The fraction of sp³-hybridized carbons (Fsp3) is 0.467. The highest BCUT2D eigenvalue weighted by Crippen LogP contribution is 2.30. The number of hydrogen-bond donors (Lipinski definition) is 1. The minimum absolute atomic E-state index is 0.0592. The zero-order valence-electron chi connectivity index (χ0n) is 10.9. The zero-order valence-corrected chi connectivity index (χ0v) is 11.7. The van der Waals surface area contributed by atoms with Gasteiger partial charge in [0.25, 0.3) is 0 Å². The van der Waals surface area contributed by atoms with Gasteiger partial charge in [-0.1, -0.05) is 0 Å². The van der Waals surface area contributed by atoms with E-state index in [4.69, 9.17) is 4.74 Å². The van der Waals surface area contributed by atoms with Gasteiger partial charge >= 0.3 is 0 Å². The molecule has 1 aromatic carbocycles. The van der Waals surface area contributed by atoms with Crippen LogP contribution in [-0.4, -0.2) is 18.2 Å². The van der Waals surface area contributed by atoms with E-state index in [1.807, 2.05) is 0 Å². The Morgan fingerprint density at radius 2 is 2.28 bits per heavy atom. The summed E-state index contributed by atoms with van der Waals surface area (Å²) in [6, 6.07) is 8.72. The molecule has 2 aromatic rings. The second-order valence-corrected chi connectivity index (χ2v) is 6.54. The van der Waals surface area contributed by atoms with E-state index in [9.17, 15) is 0 Å². The maximum Gasteiger partial charge on any atom is 0.0755 e. The van der Waals surface area contributed by atoms with E-state index < -0.39 is 0 Å². The molecule has 0 radical (unpaired) electrons. The van der Waals surface area contributed by atoms with Crippen molar-refractivity contribution in [3.05, 3.63) is 29.6 Å². The second kappa shape index (κ2) is 4.56. The number of rotatable bonds is 3. The van der Waals surface area contributed by atoms with E-state index in [1.54, 1.807) is 11.3 Å². The van der Waals surface area contributed by atoms with Crippen LogP contribution in [0.2, 0.25) is 0 Å². The Bertz CT molecular complexity index is 546. The van der Waals surface area contributed by atoms with Crippen molar-refractivity contribution in [2.45, 2.75) is 38.4 Å². The SMILES string of the molecule is CC1(C)CCC(CNc2ccc3sccc3c2)O1. The van der Waals surface area contributed by atoms with Crippen LogP contribution in [0.25, 0.3) is 10.1 Å². The molecule has 2 nitrogen and oxygen atoms in total. The molecule has 18 heavy (non-hydrogen) atoms. The summed E-state index contributed by atoms with van der Waals surface area (Å²) in [6.45, 7) is 5.24. The molecule has 0 spiro atoms. The Hall–Kier alpha value is -1.06. The third-order valence-corrected chi connectivity index (χ3v) is 4.44. The van der Waals surface area contributed by atoms with Gasteiger partial charge in [0.15, 0.2) is 0 Å². The molecular formula is C15H19NOS. The van der Waals surface area contributed by atoms with E-state index in [0.717, 1.165) is 19.4 Å². The molecule has 1 N–H and O–H groups in total. The van der Waals surface area contributed by atoms with Crippen molar-refractivity contribution in [1.82, 2.24) is 0 Å². The van der Waals surface area contributed by atoms with E-state index in [0.29, 0.717) is 6.10 Å². The van der Waals surface area contributed by atoms with Gasteiger partial charge in [0.05, 0.1) is 11.7 Å². The lowest BCUT2D eigenvalue weighted by Crippen LogP contribution is -2.24. The van der Waals surface area contributed by atoms with Crippen LogP contribution in [0.5, 0.6) is 0 Å². The van der Waals surface area contributed by atoms with Gasteiger partial charge in [0.2, 0.25) is 0 Å². The summed E-state index contributed by atoms with van der Waals surface area (Å²) in [6.07, 6.45) is 2.65. The van der Waals surface area contributed by atoms with Gasteiger partial charge in [0.1, 0.15) is 0 Å². The largest absolute Gasteiger partial charge is 0.382 e. The molecule has 1 aliphatic heterocycles. The van der Waals surface area contributed by atoms with E-state index in [2.05, 4.69) is 48.8 Å². The normalized spacial score (nSPS) is 22.4. The van der Waals surface area contributed by atoms with Gasteiger partial charge in [-0.15, -0.1) is 11.3 Å². The highest BCUT2D eigenvalue weighted by molar-refractivity contribution is 7.17. The molecule has 0 bridgehead atoms. The summed E-state index contributed by atoms with van der Waals surface area (Å²) in [4.78, 5) is 0. The second-order valence-electron chi connectivity index (χ2n) is 5.59. The Morgan fingerprint density at radius 3 is 3.06 bits per heavy atom. The molecule has 3 heteroatoms. The summed E-state index contributed by atoms with van der Waals surface area (Å²) >= 11 is 1.79. The summed E-state index contributed by atoms with van der Waals surface area (Å²) in [7, 11) is 0. The minimum Gasteiger partial charge on any atom is -0.382 e. The number of hydrogen-bond acceptors (Lipinski definition) is 3. The highest BCUT2D eigenvalue weighted by Gasteiger charge is 2.31. The topological polar surface area (TPSA) is 21.3 Å². The van der Waals surface area contributed by atoms with Crippen molar-refractivity contribution in [1.29, 1.82) is 0 Å². The first-order valence-electron chi connectivity index (χ1n) is 6.51. The maximum absolute atomic E-state index is 5.98. The molecule has 1 aliphatic rings. The van der Waals surface area contributed by atoms with Gasteiger partial charge in [-0.2, -0.15) is 0 Å². The Labute approximate surface area is 112 Å². The average Bonchev–Trinajstić information content (AvgIpc) is 2.92. The standard InChI is InChI=1S/C15H19NOS/c1-15(2)7-5-13(17-15)10-16-12-3-4-14-11(9-12)6-8-18-14/h3-4,6,8-9,13,16H,5,7,10H2,1-2H3. The predicted octanol–water partition coefficient (Wildman–Crippen LogP) is 4.27. The van der Waals surface area contributed by atoms with E-state index in [1.165, 1.54) is 15.8 Å². The van der Waals surface area contributed by atoms with Crippen LogP contribution in [0.3, 0.4) is 0 Å². The number of thiophene rings is 1. The number of nitrogens with one attached hydrogen (secondary N) is 1. The van der Waals surface area contributed by atoms with Crippen molar-refractivity contribution >= 4 is 27.1 Å². The van der Waals surface area contributed by atoms with Crippen LogP contribution in [0.4, 0.5) is 5.69 Å². The predicted molar refractivity (Wildman–Crippen MR) is 78.5 cm³/mol. The molecule has 1 saturated heterocycles. The maximum atomic E-state index is 5.98. The number of anilines is 1. The molecular weight excluding hydrogens is 242 g/mol. The Balaban J connectivity index is 1.63. The first-order valence-corrected chi connectivity index (χ1v) is 7.39. The fourth-order valence-electron chi connectivity index (χ4n) is 2.53. The minimum atomic E-state index is 0.0592. The number of ether oxygens (including phenoxy) is 1. The van der Waals surface area contributed by atoms with Crippen molar-refractivity contribution in [3.63, 3.8) is 0 Å². The third kappa shape index (κ3) is 2.52. The number of fused-ring (bicyclic) bond motifs is 1. The lowest BCUT2D eigenvalue weighted by Gasteiger charge is -2.19. The van der Waals surface area contributed by atoms with Gasteiger partial charge < -0.3 is 10.1 Å². The molecule has 0 aliphatic carbocycles. The van der Waals surface area contributed by atoms with Crippen LogP contribution in [0.1, 0.15) is 26.7 Å². The van der Waals surface area contributed by atoms with E-state index >= 15 is 0 Å². The first kappa shape index (κ1) is 12.0.